The van der Waals surface area contributed by atoms with Gasteiger partial charge < -0.3 is 58.5 Å². The molecule has 18 heteroatoms. The van der Waals surface area contributed by atoms with Crippen molar-refractivity contribution in [1.29, 1.82) is 0 Å². The predicted molar refractivity (Wildman–Crippen MR) is 312 cm³/mol. The average molecular weight is 1180 g/mol. The molecule has 0 radical (unpaired) electrons. The summed E-state index contributed by atoms with van der Waals surface area (Å²) in [5.74, 6) is -6.16. The standard InChI is InChI=1S/C67H85NO17/c1-7-8-9-10-11-12-13-14-15-16-17-18-19-20-30-37-52-78-40-48(81-52)41-79-63(76)83-56(54(45-31-24-21-25-32-45)68-60(73)46-33-26-22-27-34-46)62(75)82-49-39-67(77)59(84-61(74)47-35-28-23-29-36-47)57-65(6,58(72)55(71)53(43(49)2)64(67,4)5)50(70)38-51-66(57,42-80-51)85-44(3)69/h10-11,13-14,21-29,31-36,48-52,54-57,59,70-71,77H,7-9,12,15-20,30,37-42H2,1-6H3,(H,68,73)/b11-10-,14-13-/t48?,49-,50-,51+,52?,54-,55+,56+,57-,59-,65+,66-,67+/m0/s1. The van der Waals surface area contributed by atoms with Gasteiger partial charge in [-0.15, -0.1) is 0 Å². The molecule has 460 valence electrons. The van der Waals surface area contributed by atoms with Crippen molar-refractivity contribution < 1.29 is 82.0 Å². The van der Waals surface area contributed by atoms with Crippen LogP contribution in [0.1, 0.15) is 164 Å². The Morgan fingerprint density at radius 3 is 2.05 bits per heavy atom. The number of hydrogen-bond donors (Lipinski definition) is 4. The van der Waals surface area contributed by atoms with Crippen LogP contribution >= 0.6 is 0 Å². The largest absolute Gasteiger partial charge is 0.509 e. The lowest BCUT2D eigenvalue weighted by atomic mass is 9.44. The molecule has 2 saturated heterocycles. The summed E-state index contributed by atoms with van der Waals surface area (Å²) in [6, 6.07) is 22.8. The number of amides is 1. The van der Waals surface area contributed by atoms with Crippen molar-refractivity contribution in [2.45, 2.75) is 198 Å². The first-order chi connectivity index (χ1) is 40.8. The molecule has 2 aliphatic heterocycles. The van der Waals surface area contributed by atoms with E-state index in [2.05, 4.69) is 36.5 Å². The van der Waals surface area contributed by atoms with Crippen molar-refractivity contribution in [3.63, 3.8) is 0 Å². The molecular weight excluding hydrogens is 1090 g/mol. The van der Waals surface area contributed by atoms with E-state index in [1.165, 1.54) is 38.8 Å². The number of benzene rings is 3. The third-order valence-electron chi connectivity index (χ3n) is 18.0. The van der Waals surface area contributed by atoms with Gasteiger partial charge in [-0.1, -0.05) is 150 Å². The lowest BCUT2D eigenvalue weighted by Crippen LogP contribution is -2.81. The fourth-order valence-electron chi connectivity index (χ4n) is 13.2. The van der Waals surface area contributed by atoms with Crippen molar-refractivity contribution in [1.82, 2.24) is 5.32 Å². The van der Waals surface area contributed by atoms with Gasteiger partial charge in [-0.25, -0.2) is 14.4 Å². The first-order valence-electron chi connectivity index (χ1n) is 30.2. The van der Waals surface area contributed by atoms with Gasteiger partial charge in [0.15, 0.2) is 17.7 Å². The smallest absolute Gasteiger partial charge is 0.455 e. The van der Waals surface area contributed by atoms with Crippen LogP contribution in [0.3, 0.4) is 0 Å². The minimum absolute atomic E-state index is 0.0555. The molecule has 0 spiro atoms. The molecule has 4 N–H and O–H groups in total. The maximum atomic E-state index is 15.4. The van der Waals surface area contributed by atoms with Crippen molar-refractivity contribution in [3.8, 4) is 0 Å². The summed E-state index contributed by atoms with van der Waals surface area (Å²) in [6.07, 6.45) is 8.27. The quantitative estimate of drug-likeness (QED) is 0.0253. The SMILES string of the molecule is CCCC/C=C\C/C=C\CCCCCCCCC1OCC(COC(=O)O[C@@H](C(=O)O[C@H]2C[C@@]3(O)[C@@H](OC(=O)c4ccccc4)[C@@H]4[C@]5(OC(C)=O)CO[C@@H]5C[C@H](O)[C@@]4(C)C(=O)[C@H](O)C(=C2C)C3(C)C)[C@@H](NC(=O)c2ccccc2)c2ccccc2)O1. The highest BCUT2D eigenvalue weighted by atomic mass is 16.8. The molecule has 5 aliphatic rings. The number of aliphatic hydroxyl groups is 3. The molecule has 18 nitrogen and oxygen atoms in total. The van der Waals surface area contributed by atoms with Gasteiger partial charge in [0, 0.05) is 30.7 Å². The predicted octanol–water partition coefficient (Wildman–Crippen LogP) is 9.88. The van der Waals surface area contributed by atoms with Gasteiger partial charge in [-0.2, -0.15) is 0 Å². The molecule has 0 aromatic heterocycles. The number of rotatable bonds is 26. The number of ketones is 1. The fraction of sp³-hybridized carbons (Fsp3) is 0.552. The molecule has 85 heavy (non-hydrogen) atoms. The second-order valence-electron chi connectivity index (χ2n) is 24.0. The fourth-order valence-corrected chi connectivity index (χ4v) is 13.2. The molecule has 3 aliphatic carbocycles. The Kier molecular flexibility index (Phi) is 21.8. The minimum atomic E-state index is -2.45. The van der Waals surface area contributed by atoms with Crippen molar-refractivity contribution in [2.24, 2.45) is 16.7 Å². The van der Waals surface area contributed by atoms with Gasteiger partial charge in [-0.05, 0) is 93.3 Å². The van der Waals surface area contributed by atoms with Crippen LogP contribution in [0.2, 0.25) is 0 Å². The monoisotopic (exact) mass is 1180 g/mol. The highest BCUT2D eigenvalue weighted by Crippen LogP contribution is 2.64. The number of aliphatic hydroxyl groups excluding tert-OH is 2. The van der Waals surface area contributed by atoms with Crippen LogP contribution < -0.4 is 5.32 Å². The van der Waals surface area contributed by atoms with Gasteiger partial charge in [0.25, 0.3) is 5.91 Å². The molecule has 1 amide bonds. The van der Waals surface area contributed by atoms with Crippen LogP contribution in [-0.2, 0) is 52.3 Å². The van der Waals surface area contributed by atoms with E-state index in [9.17, 15) is 34.5 Å². The number of carbonyl (C=O) groups is 6. The lowest BCUT2D eigenvalue weighted by Gasteiger charge is -2.67. The van der Waals surface area contributed by atoms with Gasteiger partial charge in [0.1, 0.15) is 48.8 Å². The summed E-state index contributed by atoms with van der Waals surface area (Å²) in [5, 5.41) is 41.4. The van der Waals surface area contributed by atoms with E-state index < -0.39 is 125 Å². The average Bonchev–Trinajstić information content (AvgIpc) is 0.828. The normalized spacial score (nSPS) is 29.3. The van der Waals surface area contributed by atoms with E-state index in [0.29, 0.717) is 12.0 Å². The molecule has 8 rings (SSSR count). The molecule has 3 aromatic carbocycles. The molecule has 3 aromatic rings. The second-order valence-corrected chi connectivity index (χ2v) is 24.0. The van der Waals surface area contributed by atoms with E-state index in [4.69, 9.17) is 37.9 Å². The summed E-state index contributed by atoms with van der Waals surface area (Å²) in [5.41, 5.74) is -7.45. The van der Waals surface area contributed by atoms with Crippen LogP contribution in [-0.4, -0.2) is 131 Å². The van der Waals surface area contributed by atoms with Gasteiger partial charge in [0.2, 0.25) is 6.10 Å². The Bertz CT molecular complexity index is 2870. The van der Waals surface area contributed by atoms with Crippen molar-refractivity contribution in [2.75, 3.05) is 19.8 Å². The molecule has 4 fully saturated rings. The Balaban J connectivity index is 1.03. The van der Waals surface area contributed by atoms with Crippen molar-refractivity contribution in [3.05, 3.63) is 143 Å². The summed E-state index contributed by atoms with van der Waals surface area (Å²) in [7, 11) is 0. The van der Waals surface area contributed by atoms with Gasteiger partial charge >= 0.3 is 24.1 Å². The summed E-state index contributed by atoms with van der Waals surface area (Å²) in [6.45, 7) is 8.84. The Hall–Kier alpha value is -6.54. The molecule has 13 atom stereocenters. The Morgan fingerprint density at radius 2 is 1.41 bits per heavy atom. The number of carbonyl (C=O) groups excluding carboxylic acids is 6. The number of unbranched alkanes of at least 4 members (excludes halogenated alkanes) is 8. The first kappa shape index (κ1) is 64.5. The van der Waals surface area contributed by atoms with E-state index in [-0.39, 0.29) is 48.5 Å². The van der Waals surface area contributed by atoms with E-state index >= 15 is 9.59 Å². The lowest BCUT2D eigenvalue weighted by molar-refractivity contribution is -0.346. The number of Topliss-reactive ketones (excluding diaryl/α,β-unsaturated/α-hetero) is 1. The zero-order chi connectivity index (χ0) is 60.9. The van der Waals surface area contributed by atoms with Crippen LogP contribution in [0, 0.1) is 16.7 Å². The topological polar surface area (TPSA) is 249 Å². The number of ether oxygens (including phenoxy) is 8. The van der Waals surface area contributed by atoms with Crippen LogP contribution in [0.4, 0.5) is 4.79 Å². The molecule has 2 saturated carbocycles. The van der Waals surface area contributed by atoms with Crippen LogP contribution in [0.15, 0.2) is 126 Å². The zero-order valence-electron chi connectivity index (χ0n) is 49.8. The zero-order valence-corrected chi connectivity index (χ0v) is 49.8. The molecule has 2 bridgehead atoms. The number of nitrogens with one attached hydrogen (secondary N) is 1. The maximum Gasteiger partial charge on any atom is 0.509 e. The molecule has 2 heterocycles. The maximum absolute atomic E-state index is 15.4. The summed E-state index contributed by atoms with van der Waals surface area (Å²) >= 11 is 0. The van der Waals surface area contributed by atoms with E-state index in [1.807, 2.05) is 0 Å². The first-order valence-corrected chi connectivity index (χ1v) is 30.2. The minimum Gasteiger partial charge on any atom is -0.455 e. The Labute approximate surface area is 498 Å². The number of fused-ring (bicyclic) bond motifs is 5. The molecule has 2 unspecified atom stereocenters. The third-order valence-corrected chi connectivity index (χ3v) is 18.0. The Morgan fingerprint density at radius 1 is 0.788 bits per heavy atom. The second kappa shape index (κ2) is 28.8. The highest BCUT2D eigenvalue weighted by molar-refractivity contribution is 5.96. The van der Waals surface area contributed by atoms with E-state index in [1.54, 1.807) is 92.7 Å². The number of hydrogen-bond acceptors (Lipinski definition) is 17. The number of esters is 3. The third kappa shape index (κ3) is 14.3. The van der Waals surface area contributed by atoms with E-state index in [0.717, 1.165) is 64.7 Å². The highest BCUT2D eigenvalue weighted by Gasteiger charge is 2.78. The van der Waals surface area contributed by atoms with Crippen LogP contribution in [0.25, 0.3) is 0 Å². The molecular formula is C67H85NO17. The number of allylic oxidation sites excluding steroid dienone is 4. The van der Waals surface area contributed by atoms with Gasteiger partial charge in [0.05, 0.1) is 36.2 Å². The van der Waals surface area contributed by atoms with Crippen LogP contribution in [0.5, 0.6) is 0 Å². The van der Waals surface area contributed by atoms with Gasteiger partial charge in [-0.3, -0.25) is 14.4 Å². The summed E-state index contributed by atoms with van der Waals surface area (Å²) in [4.78, 5) is 86.5. The van der Waals surface area contributed by atoms with Crippen molar-refractivity contribution >= 4 is 35.8 Å². The summed E-state index contributed by atoms with van der Waals surface area (Å²) < 4.78 is 48.4.